The summed E-state index contributed by atoms with van der Waals surface area (Å²) >= 11 is 0. The number of carboxylic acid groups (broad SMARTS) is 1. The molecule has 0 saturated heterocycles. The molecular weight excluding hydrogens is 567 g/mol. The molecule has 2 heterocycles. The molecule has 1 saturated carbocycles. The fourth-order valence-corrected chi connectivity index (χ4v) is 4.81. The van der Waals surface area contributed by atoms with E-state index in [9.17, 15) is 27.2 Å². The minimum atomic E-state index is -1.78. The summed E-state index contributed by atoms with van der Waals surface area (Å²) in [5, 5.41) is 16.3. The van der Waals surface area contributed by atoms with Gasteiger partial charge in [0.25, 0.3) is 0 Å². The van der Waals surface area contributed by atoms with E-state index in [0.717, 1.165) is 24.3 Å². The predicted octanol–water partition coefficient (Wildman–Crippen LogP) is 4.80. The highest BCUT2D eigenvalue weighted by Crippen LogP contribution is 2.38. The lowest BCUT2D eigenvalue weighted by atomic mass is 9.91. The van der Waals surface area contributed by atoms with Crippen molar-refractivity contribution in [3.05, 3.63) is 71.8 Å². The molecule has 0 bridgehead atoms. The highest BCUT2D eigenvalue weighted by atomic mass is 19.2. The number of rotatable bonds is 7. The van der Waals surface area contributed by atoms with Crippen molar-refractivity contribution in [3.8, 4) is 22.8 Å². The quantitative estimate of drug-likeness (QED) is 0.159. The molecule has 42 heavy (non-hydrogen) atoms. The van der Waals surface area contributed by atoms with Gasteiger partial charge in [0.15, 0.2) is 17.3 Å². The van der Waals surface area contributed by atoms with Gasteiger partial charge in [-0.2, -0.15) is 13.9 Å². The summed E-state index contributed by atoms with van der Waals surface area (Å²) in [5.41, 5.74) is 6.43. The number of aliphatic carboxylic acids is 1. The van der Waals surface area contributed by atoms with Crippen LogP contribution in [0, 0.1) is 29.1 Å². The Hall–Kier alpha value is -5.08. The van der Waals surface area contributed by atoms with E-state index >= 15 is 4.39 Å². The molecule has 2 aromatic carbocycles. The first kappa shape index (κ1) is 28.4. The summed E-state index contributed by atoms with van der Waals surface area (Å²) in [6.07, 6.45) is 5.10. The van der Waals surface area contributed by atoms with Crippen molar-refractivity contribution in [1.29, 1.82) is 0 Å². The number of carbonyl (C=O) groups is 2. The van der Waals surface area contributed by atoms with E-state index in [4.69, 9.17) is 15.6 Å². The second-order valence-corrected chi connectivity index (χ2v) is 9.48. The first-order valence-corrected chi connectivity index (χ1v) is 12.5. The monoisotopic (exact) mass is 588 g/mol. The number of carboxylic acids is 1. The maximum atomic E-state index is 15.4. The Labute approximate surface area is 233 Å². The molecule has 5 rings (SSSR count). The highest BCUT2D eigenvalue weighted by molar-refractivity contribution is 5.98. The van der Waals surface area contributed by atoms with Gasteiger partial charge in [0.2, 0.25) is 23.3 Å². The van der Waals surface area contributed by atoms with Crippen LogP contribution >= 0.6 is 0 Å². The van der Waals surface area contributed by atoms with Gasteiger partial charge in [-0.05, 0) is 37.8 Å². The van der Waals surface area contributed by atoms with E-state index in [1.54, 1.807) is 4.68 Å². The van der Waals surface area contributed by atoms with E-state index in [1.807, 2.05) is 0 Å². The lowest BCUT2D eigenvalue weighted by Crippen LogP contribution is -2.37. The number of nitrogens with zero attached hydrogens (tertiary/aromatic N) is 4. The molecule has 1 fully saturated rings. The molecule has 15 heteroatoms. The molecule has 218 valence electrons. The van der Waals surface area contributed by atoms with Crippen LogP contribution < -0.4 is 15.8 Å². The molecule has 0 spiro atoms. The minimum Gasteiger partial charge on any atom is -0.478 e. The molecule has 1 amide bonds. The predicted molar refractivity (Wildman–Crippen MR) is 138 cm³/mol. The maximum absolute atomic E-state index is 15.4. The number of aromatic nitrogens is 4. The molecule has 0 atom stereocenters. The number of halogens is 5. The summed E-state index contributed by atoms with van der Waals surface area (Å²) < 4.78 is 77.1. The lowest BCUT2D eigenvalue weighted by Gasteiger charge is -2.29. The fraction of sp³-hybridized carbons (Fsp3) is 0.222. The average Bonchev–Trinajstić information content (AvgIpc) is 3.34. The van der Waals surface area contributed by atoms with Crippen molar-refractivity contribution in [1.82, 2.24) is 25.1 Å². The Morgan fingerprint density at radius 3 is 2.31 bits per heavy atom. The van der Waals surface area contributed by atoms with Crippen LogP contribution in [0.5, 0.6) is 11.5 Å². The second-order valence-electron chi connectivity index (χ2n) is 9.48. The van der Waals surface area contributed by atoms with Gasteiger partial charge < -0.3 is 20.9 Å². The van der Waals surface area contributed by atoms with Crippen molar-refractivity contribution in [3.63, 3.8) is 0 Å². The van der Waals surface area contributed by atoms with Gasteiger partial charge in [-0.25, -0.2) is 32.6 Å². The van der Waals surface area contributed by atoms with Gasteiger partial charge in [0.05, 0.1) is 11.4 Å². The number of nitrogen functional groups attached to an aromatic ring is 1. The summed E-state index contributed by atoms with van der Waals surface area (Å²) in [4.78, 5) is 30.8. The molecule has 4 aromatic rings. The Morgan fingerprint density at radius 1 is 0.976 bits per heavy atom. The summed E-state index contributed by atoms with van der Waals surface area (Å²) in [5.74, 6) is -11.4. The third-order valence-electron chi connectivity index (χ3n) is 6.77. The zero-order valence-corrected chi connectivity index (χ0v) is 21.5. The Bertz CT molecular complexity index is 1710. The Morgan fingerprint density at radius 2 is 1.67 bits per heavy atom. The van der Waals surface area contributed by atoms with Crippen LogP contribution in [0.3, 0.4) is 0 Å². The van der Waals surface area contributed by atoms with E-state index in [-0.39, 0.29) is 40.6 Å². The lowest BCUT2D eigenvalue weighted by molar-refractivity contribution is -0.131. The normalized spacial score (nSPS) is 17.1. The maximum Gasteiger partial charge on any atom is 0.328 e. The molecular formula is C27H21F5N6O4. The molecule has 1 aliphatic rings. The van der Waals surface area contributed by atoms with Crippen LogP contribution in [-0.4, -0.2) is 42.8 Å². The molecule has 0 radical (unpaired) electrons. The fourth-order valence-electron chi connectivity index (χ4n) is 4.81. The molecule has 10 nitrogen and oxygen atoms in total. The standard InChI is InChI=1S/C27H21F5N6O4/c28-16-9-14(42-25-22(31)17(29)10-18(30)23(25)32)5-6-15(16)24-21-26(33)34-11-35-27(21)38(37-24)13-3-1-12(2-4-13)36-19(39)7-8-20(40)41/h5-13H,1-4H2,(H,36,39)(H,40,41)(H2,33,34,35). The van der Waals surface area contributed by atoms with Crippen LogP contribution in [0.1, 0.15) is 31.7 Å². The zero-order valence-electron chi connectivity index (χ0n) is 21.5. The Kier molecular flexibility index (Phi) is 7.74. The van der Waals surface area contributed by atoms with E-state index in [0.29, 0.717) is 31.3 Å². The van der Waals surface area contributed by atoms with Crippen LogP contribution in [0.2, 0.25) is 0 Å². The molecule has 0 unspecified atom stereocenters. The van der Waals surface area contributed by atoms with Crippen molar-refractivity contribution in [2.24, 2.45) is 0 Å². The number of nitrogens with two attached hydrogens (primary N) is 1. The number of hydrogen-bond acceptors (Lipinski definition) is 7. The van der Waals surface area contributed by atoms with Crippen LogP contribution in [0.4, 0.5) is 27.8 Å². The largest absolute Gasteiger partial charge is 0.478 e. The van der Waals surface area contributed by atoms with Gasteiger partial charge in [0, 0.05) is 35.9 Å². The van der Waals surface area contributed by atoms with Crippen LogP contribution in [0.15, 0.2) is 42.7 Å². The third kappa shape index (κ3) is 5.57. The zero-order chi connectivity index (χ0) is 30.1. The van der Waals surface area contributed by atoms with Crippen molar-refractivity contribution in [2.45, 2.75) is 37.8 Å². The van der Waals surface area contributed by atoms with Gasteiger partial charge in [-0.3, -0.25) is 4.79 Å². The summed E-state index contributed by atoms with van der Waals surface area (Å²) in [7, 11) is 0. The number of amides is 1. The van der Waals surface area contributed by atoms with Gasteiger partial charge in [-0.1, -0.05) is 0 Å². The first-order chi connectivity index (χ1) is 20.0. The molecule has 0 aliphatic heterocycles. The molecule has 4 N–H and O–H groups in total. The van der Waals surface area contributed by atoms with Crippen molar-refractivity contribution < 1.29 is 41.4 Å². The smallest absolute Gasteiger partial charge is 0.328 e. The Balaban J connectivity index is 1.41. The van der Waals surface area contributed by atoms with Crippen LogP contribution in [-0.2, 0) is 9.59 Å². The third-order valence-corrected chi connectivity index (χ3v) is 6.77. The van der Waals surface area contributed by atoms with Gasteiger partial charge >= 0.3 is 5.97 Å². The topological polar surface area (TPSA) is 145 Å². The number of fused-ring (bicyclic) bond motifs is 1. The van der Waals surface area contributed by atoms with Crippen molar-refractivity contribution in [2.75, 3.05) is 5.73 Å². The number of anilines is 1. The number of nitrogens with one attached hydrogen (secondary N) is 1. The van der Waals surface area contributed by atoms with Gasteiger partial charge in [0.1, 0.15) is 29.4 Å². The highest BCUT2D eigenvalue weighted by Gasteiger charge is 2.28. The number of carbonyl (C=O) groups excluding carboxylic acids is 1. The average molecular weight is 588 g/mol. The second kappa shape index (κ2) is 11.4. The van der Waals surface area contributed by atoms with E-state index in [1.165, 1.54) is 12.4 Å². The van der Waals surface area contributed by atoms with E-state index in [2.05, 4.69) is 20.4 Å². The SMILES string of the molecule is Nc1ncnc2c1c(-c1ccc(Oc3c(F)c(F)cc(F)c3F)cc1F)nn2C1CCC(NC(=O)C=CC(=O)O)CC1. The number of hydrogen-bond donors (Lipinski definition) is 3. The summed E-state index contributed by atoms with van der Waals surface area (Å²) in [6.45, 7) is 0. The summed E-state index contributed by atoms with van der Waals surface area (Å²) in [6, 6.07) is 2.73. The van der Waals surface area contributed by atoms with E-state index < -0.39 is 52.5 Å². The van der Waals surface area contributed by atoms with Crippen LogP contribution in [0.25, 0.3) is 22.3 Å². The van der Waals surface area contributed by atoms with Gasteiger partial charge in [-0.15, -0.1) is 0 Å². The first-order valence-electron chi connectivity index (χ1n) is 12.5. The van der Waals surface area contributed by atoms with Crippen molar-refractivity contribution >= 4 is 28.7 Å². The number of ether oxygens (including phenoxy) is 1. The molecule has 2 aromatic heterocycles. The minimum absolute atomic E-state index is 0.0199. The number of benzene rings is 2. The molecule has 1 aliphatic carbocycles.